The van der Waals surface area contributed by atoms with Crippen molar-refractivity contribution in [3.63, 3.8) is 0 Å². The van der Waals surface area contributed by atoms with Gasteiger partial charge in [0.2, 0.25) is 0 Å². The van der Waals surface area contributed by atoms with Crippen molar-refractivity contribution in [2.45, 2.75) is 24.8 Å². The molecule has 1 aliphatic heterocycles. The Morgan fingerprint density at radius 1 is 1.75 bits per heavy atom. The van der Waals surface area contributed by atoms with Gasteiger partial charge < -0.3 is 4.42 Å². The predicted molar refractivity (Wildman–Crippen MR) is 51.1 cm³/mol. The van der Waals surface area contributed by atoms with Crippen LogP contribution in [0.15, 0.2) is 23.0 Å². The zero-order valence-corrected chi connectivity index (χ0v) is 7.93. The molecule has 1 N–H and O–H groups in total. The van der Waals surface area contributed by atoms with E-state index < -0.39 is 0 Å². The van der Waals surface area contributed by atoms with Gasteiger partial charge in [0.1, 0.15) is 0 Å². The van der Waals surface area contributed by atoms with Gasteiger partial charge in [0.15, 0.2) is 0 Å². The van der Waals surface area contributed by atoms with Crippen LogP contribution in [-0.2, 0) is 0 Å². The summed E-state index contributed by atoms with van der Waals surface area (Å²) in [6, 6.07) is 2.71. The first-order chi connectivity index (χ1) is 5.90. The van der Waals surface area contributed by atoms with Crippen LogP contribution in [0.2, 0.25) is 0 Å². The quantitative estimate of drug-likeness (QED) is 0.762. The van der Waals surface area contributed by atoms with Crippen molar-refractivity contribution < 1.29 is 4.42 Å². The van der Waals surface area contributed by atoms with E-state index in [0.29, 0.717) is 11.4 Å². The zero-order valence-electron chi connectivity index (χ0n) is 7.12. The molecule has 2 rings (SSSR count). The molecule has 1 saturated heterocycles. The highest BCUT2D eigenvalue weighted by Gasteiger charge is 2.24. The minimum Gasteiger partial charge on any atom is -0.472 e. The van der Waals surface area contributed by atoms with E-state index in [1.807, 2.05) is 24.1 Å². The smallest absolute Gasteiger partial charge is 0.0959 e. The minimum absolute atomic E-state index is 0.452. The second kappa shape index (κ2) is 3.54. The highest BCUT2D eigenvalue weighted by Crippen LogP contribution is 2.33. The third-order valence-corrected chi connectivity index (χ3v) is 3.53. The Hall–Kier alpha value is -0.410. The Morgan fingerprint density at radius 3 is 3.25 bits per heavy atom. The molecule has 2 heterocycles. The highest BCUT2D eigenvalue weighted by molar-refractivity contribution is 7.99. The molecule has 2 atom stereocenters. The average Bonchev–Trinajstić information content (AvgIpc) is 2.75. The van der Waals surface area contributed by atoms with Crippen molar-refractivity contribution in [2.24, 2.45) is 0 Å². The second-order valence-corrected chi connectivity index (χ2v) is 4.18. The van der Waals surface area contributed by atoms with E-state index in [1.165, 1.54) is 17.7 Å². The number of hydrogen-bond donors (Lipinski definition) is 1. The summed E-state index contributed by atoms with van der Waals surface area (Å²) in [5, 5.41) is 4.00. The maximum Gasteiger partial charge on any atom is 0.0959 e. The Kier molecular flexibility index (Phi) is 2.42. The fourth-order valence-electron chi connectivity index (χ4n) is 1.38. The Balaban J connectivity index is 2.00. The lowest BCUT2D eigenvalue weighted by molar-refractivity contribution is 0.542. The lowest BCUT2D eigenvalue weighted by atomic mass is 10.2. The fraction of sp³-hybridized carbons (Fsp3) is 0.556. The minimum atomic E-state index is 0.452. The summed E-state index contributed by atoms with van der Waals surface area (Å²) in [6.07, 6.45) is 4.76. The first-order valence-corrected chi connectivity index (χ1v) is 5.34. The van der Waals surface area contributed by atoms with Crippen LogP contribution in [0.4, 0.5) is 0 Å². The van der Waals surface area contributed by atoms with Gasteiger partial charge in [0, 0.05) is 17.4 Å². The molecule has 1 aromatic rings. The molecule has 1 aliphatic rings. The largest absolute Gasteiger partial charge is 0.472 e. The summed E-state index contributed by atoms with van der Waals surface area (Å²) in [7, 11) is 0. The van der Waals surface area contributed by atoms with Crippen molar-refractivity contribution in [2.75, 3.05) is 5.75 Å². The third-order valence-electron chi connectivity index (χ3n) is 2.19. The van der Waals surface area contributed by atoms with E-state index in [0.717, 1.165) is 0 Å². The average molecular weight is 183 g/mol. The monoisotopic (exact) mass is 183 g/mol. The van der Waals surface area contributed by atoms with Crippen molar-refractivity contribution in [1.82, 2.24) is 5.32 Å². The normalized spacial score (nSPS) is 29.4. The molecule has 1 fully saturated rings. The molecule has 66 valence electrons. The number of furan rings is 1. The van der Waals surface area contributed by atoms with Gasteiger partial charge in [-0.25, -0.2) is 0 Å². The summed E-state index contributed by atoms with van der Waals surface area (Å²) in [4.78, 5) is 0. The molecule has 0 aromatic carbocycles. The zero-order chi connectivity index (χ0) is 8.39. The number of nitrogens with one attached hydrogen (secondary N) is 1. The van der Waals surface area contributed by atoms with Crippen LogP contribution >= 0.6 is 11.8 Å². The molecule has 0 amide bonds. The van der Waals surface area contributed by atoms with Crippen LogP contribution in [-0.4, -0.2) is 11.8 Å². The Bertz CT molecular complexity index is 235. The van der Waals surface area contributed by atoms with E-state index in [9.17, 15) is 0 Å². The predicted octanol–water partition coefficient (Wildman–Crippen LogP) is 2.39. The van der Waals surface area contributed by atoms with Crippen molar-refractivity contribution >= 4 is 11.8 Å². The Morgan fingerprint density at radius 2 is 2.67 bits per heavy atom. The maximum absolute atomic E-state index is 5.04. The van der Waals surface area contributed by atoms with Gasteiger partial charge in [-0.1, -0.05) is 6.92 Å². The van der Waals surface area contributed by atoms with Gasteiger partial charge >= 0.3 is 0 Å². The Labute approximate surface area is 76.7 Å². The molecule has 2 nitrogen and oxygen atoms in total. The maximum atomic E-state index is 5.04. The molecular formula is C9H13NOS. The van der Waals surface area contributed by atoms with Crippen molar-refractivity contribution in [1.29, 1.82) is 0 Å². The molecule has 1 aromatic heterocycles. The highest BCUT2D eigenvalue weighted by atomic mass is 32.2. The fourth-order valence-corrected chi connectivity index (χ4v) is 2.75. The van der Waals surface area contributed by atoms with Crippen LogP contribution in [0, 0.1) is 0 Å². The summed E-state index contributed by atoms with van der Waals surface area (Å²) in [5.41, 5.74) is 1.26. The van der Waals surface area contributed by atoms with E-state index >= 15 is 0 Å². The molecule has 2 unspecified atom stereocenters. The van der Waals surface area contributed by atoms with Crippen molar-refractivity contribution in [3.05, 3.63) is 24.2 Å². The summed E-state index contributed by atoms with van der Waals surface area (Å²) in [5.74, 6) is 1.21. The van der Waals surface area contributed by atoms with E-state index in [2.05, 4.69) is 12.2 Å². The number of thioether (sulfide) groups is 1. The van der Waals surface area contributed by atoms with Crippen LogP contribution in [0.3, 0.4) is 0 Å². The summed E-state index contributed by atoms with van der Waals surface area (Å²) < 4.78 is 5.04. The van der Waals surface area contributed by atoms with Gasteiger partial charge in [-0.2, -0.15) is 0 Å². The first kappa shape index (κ1) is 8.20. The van der Waals surface area contributed by atoms with Gasteiger partial charge in [-0.05, 0) is 12.5 Å². The molecule has 0 radical (unpaired) electrons. The lowest BCUT2D eigenvalue weighted by Gasteiger charge is -2.08. The van der Waals surface area contributed by atoms with Gasteiger partial charge in [0.05, 0.1) is 17.9 Å². The second-order valence-electron chi connectivity index (χ2n) is 3.04. The van der Waals surface area contributed by atoms with Crippen molar-refractivity contribution in [3.8, 4) is 0 Å². The standard InChI is InChI=1S/C9H13NOS/c1-2-8-6-12-9(10-8)7-3-4-11-5-7/h3-5,8-10H,2,6H2,1H3. The van der Waals surface area contributed by atoms with Gasteiger partial charge in [0.25, 0.3) is 0 Å². The lowest BCUT2D eigenvalue weighted by Crippen LogP contribution is -2.24. The number of rotatable bonds is 2. The molecule has 0 aliphatic carbocycles. The summed E-state index contributed by atoms with van der Waals surface area (Å²) in [6.45, 7) is 2.22. The number of hydrogen-bond acceptors (Lipinski definition) is 3. The third kappa shape index (κ3) is 1.52. The van der Waals surface area contributed by atoms with E-state index in [-0.39, 0.29) is 0 Å². The molecule has 0 saturated carbocycles. The van der Waals surface area contributed by atoms with E-state index in [4.69, 9.17) is 4.42 Å². The molecule has 12 heavy (non-hydrogen) atoms. The van der Waals surface area contributed by atoms with Crippen LogP contribution < -0.4 is 5.32 Å². The van der Waals surface area contributed by atoms with Crippen LogP contribution in [0.25, 0.3) is 0 Å². The molecule has 0 spiro atoms. The molecular weight excluding hydrogens is 170 g/mol. The van der Waals surface area contributed by atoms with Crippen LogP contribution in [0.5, 0.6) is 0 Å². The SMILES string of the molecule is CCC1CSC(c2ccoc2)N1. The van der Waals surface area contributed by atoms with Gasteiger partial charge in [-0.3, -0.25) is 5.32 Å². The van der Waals surface area contributed by atoms with Gasteiger partial charge in [-0.15, -0.1) is 11.8 Å². The van der Waals surface area contributed by atoms with Crippen LogP contribution in [0.1, 0.15) is 24.3 Å². The van der Waals surface area contributed by atoms with E-state index in [1.54, 1.807) is 6.26 Å². The first-order valence-electron chi connectivity index (χ1n) is 4.30. The summed E-state index contributed by atoms with van der Waals surface area (Å²) >= 11 is 1.96. The molecule has 0 bridgehead atoms. The molecule has 3 heteroatoms. The topological polar surface area (TPSA) is 25.2 Å².